The van der Waals surface area contributed by atoms with Crippen LogP contribution < -0.4 is 0 Å². The normalized spacial score (nSPS) is 56.7. The summed E-state index contributed by atoms with van der Waals surface area (Å²) in [5, 5.41) is 0. The van der Waals surface area contributed by atoms with Crippen molar-refractivity contribution >= 4 is 38.5 Å². The molecule has 0 aromatic rings. The molecule has 0 spiro atoms. The fourth-order valence-corrected chi connectivity index (χ4v) is 6.01. The van der Waals surface area contributed by atoms with E-state index in [0.29, 0.717) is 0 Å². The highest BCUT2D eigenvalue weighted by Crippen LogP contribution is 2.53. The Hall–Kier alpha value is 1.21. The fraction of sp³-hybridized carbons (Fsp3) is 1.00. The number of halogens is 2. The zero-order valence-corrected chi connectivity index (χ0v) is 8.93. The van der Waals surface area contributed by atoms with Crippen LogP contribution in [0.3, 0.4) is 0 Å². The van der Waals surface area contributed by atoms with Gasteiger partial charge in [0.2, 0.25) is 0 Å². The van der Waals surface area contributed by atoms with E-state index in [1.165, 1.54) is 19.3 Å². The summed E-state index contributed by atoms with van der Waals surface area (Å²) in [6, 6.07) is 0. The summed E-state index contributed by atoms with van der Waals surface area (Å²) in [6.45, 7) is 0. The van der Waals surface area contributed by atoms with Gasteiger partial charge in [-0.2, -0.15) is 0 Å². The second-order valence-corrected chi connectivity index (χ2v) is 5.64. The van der Waals surface area contributed by atoms with Gasteiger partial charge >= 0.3 is 0 Å². The molecule has 0 saturated heterocycles. The second kappa shape index (κ2) is 2.36. The Balaban J connectivity index is 2.08. The predicted molar refractivity (Wildman–Crippen MR) is 51.4 cm³/mol. The molecule has 3 saturated carbocycles. The van der Waals surface area contributed by atoms with Gasteiger partial charge in [-0.3, -0.25) is 0 Å². The Morgan fingerprint density at radius 3 is 2.00 bits per heavy atom. The monoisotopic (exact) mass is 300 g/mol. The van der Waals surface area contributed by atoms with Gasteiger partial charge in [0, 0.05) is 8.75 Å². The first-order valence-corrected chi connectivity index (χ1v) is 5.75. The van der Waals surface area contributed by atoms with Crippen LogP contribution in [-0.4, -0.2) is 8.75 Å². The van der Waals surface area contributed by atoms with Crippen molar-refractivity contribution in [1.82, 2.24) is 0 Å². The van der Waals surface area contributed by atoms with Crippen molar-refractivity contribution in [1.29, 1.82) is 0 Å². The van der Waals surface area contributed by atoms with E-state index in [1.54, 1.807) is 0 Å². The van der Waals surface area contributed by atoms with Gasteiger partial charge in [-0.15, -0.1) is 0 Å². The van der Waals surface area contributed by atoms with Crippen molar-refractivity contribution < 1.29 is 0 Å². The summed E-state index contributed by atoms with van der Waals surface area (Å²) in [5.41, 5.74) is 0. The Morgan fingerprint density at radius 1 is 1.22 bits per heavy atom. The topological polar surface area (TPSA) is 0 Å². The van der Waals surface area contributed by atoms with Gasteiger partial charge in [0.1, 0.15) is 0 Å². The summed E-state index contributed by atoms with van der Waals surface area (Å²) in [5.74, 6) is 2.04. The average molecular weight is 301 g/mol. The van der Waals surface area contributed by atoms with Crippen LogP contribution in [0.5, 0.6) is 0 Å². The standard InChI is InChI=1S/C7H10BrI/c8-6-4-2-1-3-5(6)7(4)9/h4-7H,1-3H2/t4-,5+,6?,7?. The summed E-state index contributed by atoms with van der Waals surface area (Å²) in [7, 11) is 0. The molecule has 3 rings (SSSR count). The lowest BCUT2D eigenvalue weighted by molar-refractivity contribution is 0.156. The van der Waals surface area contributed by atoms with E-state index in [0.717, 1.165) is 20.6 Å². The Morgan fingerprint density at radius 2 is 1.78 bits per heavy atom. The van der Waals surface area contributed by atoms with E-state index < -0.39 is 0 Å². The lowest BCUT2D eigenvalue weighted by Gasteiger charge is -2.51. The Kier molecular flexibility index (Phi) is 1.81. The number of rotatable bonds is 0. The lowest BCUT2D eigenvalue weighted by Crippen LogP contribution is -2.51. The van der Waals surface area contributed by atoms with Crippen molar-refractivity contribution in [3.8, 4) is 0 Å². The molecule has 2 bridgehead atoms. The highest BCUT2D eigenvalue weighted by atomic mass is 127. The first-order valence-electron chi connectivity index (χ1n) is 3.59. The molecule has 2 unspecified atom stereocenters. The minimum Gasteiger partial charge on any atom is -0.0884 e. The maximum absolute atomic E-state index is 3.74. The van der Waals surface area contributed by atoms with E-state index in [2.05, 4.69) is 38.5 Å². The summed E-state index contributed by atoms with van der Waals surface area (Å²) in [6.07, 6.45) is 4.43. The van der Waals surface area contributed by atoms with Gasteiger partial charge in [-0.1, -0.05) is 44.9 Å². The SMILES string of the molecule is BrC1[C@H]2CCC[C@@H]1C2I. The molecule has 0 heterocycles. The third-order valence-corrected chi connectivity index (χ3v) is 5.92. The molecule has 3 aliphatic rings. The molecule has 0 aliphatic heterocycles. The number of hydrogen-bond donors (Lipinski definition) is 0. The fourth-order valence-electron chi connectivity index (χ4n) is 2.07. The number of fused-ring (bicyclic) bond motifs is 2. The first-order chi connectivity index (χ1) is 4.30. The first kappa shape index (κ1) is 6.89. The van der Waals surface area contributed by atoms with Gasteiger partial charge in [0.25, 0.3) is 0 Å². The molecule has 4 atom stereocenters. The van der Waals surface area contributed by atoms with E-state index in [4.69, 9.17) is 0 Å². The molecule has 52 valence electrons. The van der Waals surface area contributed by atoms with Crippen molar-refractivity contribution in [2.24, 2.45) is 11.8 Å². The van der Waals surface area contributed by atoms with E-state index in [1.807, 2.05) is 0 Å². The predicted octanol–water partition coefficient (Wildman–Crippen LogP) is 2.98. The molecule has 0 aromatic carbocycles. The zero-order valence-electron chi connectivity index (χ0n) is 5.19. The zero-order chi connectivity index (χ0) is 6.43. The maximum atomic E-state index is 3.74. The van der Waals surface area contributed by atoms with Crippen molar-refractivity contribution in [2.75, 3.05) is 0 Å². The molecule has 0 nitrogen and oxygen atoms in total. The van der Waals surface area contributed by atoms with Gasteiger partial charge in [-0.25, -0.2) is 0 Å². The number of alkyl halides is 2. The van der Waals surface area contributed by atoms with Gasteiger partial charge in [0.15, 0.2) is 0 Å². The third-order valence-electron chi connectivity index (χ3n) is 2.71. The van der Waals surface area contributed by atoms with Crippen LogP contribution >= 0.6 is 38.5 Å². The van der Waals surface area contributed by atoms with Crippen LogP contribution in [0.2, 0.25) is 0 Å². The smallest absolute Gasteiger partial charge is 0.0222 e. The van der Waals surface area contributed by atoms with Crippen LogP contribution in [-0.2, 0) is 0 Å². The molecule has 9 heavy (non-hydrogen) atoms. The van der Waals surface area contributed by atoms with Crippen LogP contribution in [0, 0.1) is 11.8 Å². The number of hydrogen-bond acceptors (Lipinski definition) is 0. The van der Waals surface area contributed by atoms with Crippen molar-refractivity contribution in [3.05, 3.63) is 0 Å². The van der Waals surface area contributed by atoms with Gasteiger partial charge < -0.3 is 0 Å². The van der Waals surface area contributed by atoms with Crippen LogP contribution in [0.15, 0.2) is 0 Å². The molecule has 0 radical (unpaired) electrons. The van der Waals surface area contributed by atoms with Crippen molar-refractivity contribution in [3.63, 3.8) is 0 Å². The van der Waals surface area contributed by atoms with E-state index in [9.17, 15) is 0 Å². The van der Waals surface area contributed by atoms with E-state index >= 15 is 0 Å². The van der Waals surface area contributed by atoms with Crippen LogP contribution in [0.1, 0.15) is 19.3 Å². The molecule has 0 aromatic heterocycles. The maximum Gasteiger partial charge on any atom is 0.0222 e. The average Bonchev–Trinajstić information content (AvgIpc) is 1.91. The summed E-state index contributed by atoms with van der Waals surface area (Å²) in [4.78, 5) is 0.883. The third kappa shape index (κ3) is 0.889. The minimum atomic E-state index is 0.883. The van der Waals surface area contributed by atoms with Gasteiger partial charge in [0.05, 0.1) is 0 Å². The molecular formula is C7H10BrI. The molecule has 2 heteroatoms. The second-order valence-electron chi connectivity index (χ2n) is 3.15. The molecule has 3 fully saturated rings. The van der Waals surface area contributed by atoms with Crippen LogP contribution in [0.4, 0.5) is 0 Å². The van der Waals surface area contributed by atoms with E-state index in [-0.39, 0.29) is 0 Å². The highest BCUT2D eigenvalue weighted by molar-refractivity contribution is 14.1. The lowest BCUT2D eigenvalue weighted by atomic mass is 9.65. The minimum absolute atomic E-state index is 0.883. The molecule has 0 amide bonds. The van der Waals surface area contributed by atoms with Gasteiger partial charge in [-0.05, 0) is 24.7 Å². The van der Waals surface area contributed by atoms with Crippen LogP contribution in [0.25, 0.3) is 0 Å². The largest absolute Gasteiger partial charge is 0.0884 e. The highest BCUT2D eigenvalue weighted by Gasteiger charge is 2.49. The Bertz CT molecular complexity index is 104. The molecular weight excluding hydrogens is 291 g/mol. The Labute approximate surface area is 78.0 Å². The summed E-state index contributed by atoms with van der Waals surface area (Å²) < 4.78 is 1.00. The summed E-state index contributed by atoms with van der Waals surface area (Å²) >= 11 is 6.36. The quantitative estimate of drug-likeness (QED) is 0.477. The van der Waals surface area contributed by atoms with Crippen molar-refractivity contribution in [2.45, 2.75) is 28.0 Å². The molecule has 0 N–H and O–H groups in total. The molecule has 3 aliphatic carbocycles.